The first-order valence-electron chi connectivity index (χ1n) is 4.87. The highest BCUT2D eigenvalue weighted by Crippen LogP contribution is 2.20. The Labute approximate surface area is 87.9 Å². The van der Waals surface area contributed by atoms with Crippen molar-refractivity contribution in [3.8, 4) is 0 Å². The molecule has 1 aliphatic rings. The number of carbonyl (C=O) groups is 1. The van der Waals surface area contributed by atoms with Crippen LogP contribution in [0.15, 0.2) is 0 Å². The maximum Gasteiger partial charge on any atom is 0.217 e. The van der Waals surface area contributed by atoms with Crippen LogP contribution in [0, 0.1) is 0 Å². The van der Waals surface area contributed by atoms with E-state index in [2.05, 4.69) is 5.32 Å². The van der Waals surface area contributed by atoms with Crippen LogP contribution in [-0.4, -0.2) is 58.3 Å². The van der Waals surface area contributed by atoms with Crippen LogP contribution < -0.4 is 5.32 Å². The number of amides is 1. The van der Waals surface area contributed by atoms with Crippen LogP contribution in [0.3, 0.4) is 0 Å². The van der Waals surface area contributed by atoms with Gasteiger partial charge in [-0.15, -0.1) is 0 Å². The summed E-state index contributed by atoms with van der Waals surface area (Å²) in [7, 11) is 0. The van der Waals surface area contributed by atoms with Crippen LogP contribution >= 0.6 is 0 Å². The topological polar surface area (TPSA) is 99.0 Å². The molecule has 0 aromatic carbocycles. The number of aliphatic hydroxyl groups excluding tert-OH is 3. The molecule has 0 aromatic rings. The number of nitrogens with one attached hydrogen (secondary N) is 1. The van der Waals surface area contributed by atoms with E-state index in [1.54, 1.807) is 6.92 Å². The summed E-state index contributed by atoms with van der Waals surface area (Å²) in [6.07, 6.45) is -3.40. The summed E-state index contributed by atoms with van der Waals surface area (Å²) >= 11 is 0. The summed E-state index contributed by atoms with van der Waals surface area (Å²) in [6, 6.07) is -0.802. The third-order valence-corrected chi connectivity index (χ3v) is 2.54. The van der Waals surface area contributed by atoms with E-state index in [1.165, 1.54) is 6.92 Å². The fourth-order valence-corrected chi connectivity index (χ4v) is 1.72. The number of aliphatic hydroxyl groups is 3. The zero-order valence-corrected chi connectivity index (χ0v) is 8.75. The van der Waals surface area contributed by atoms with Gasteiger partial charge in [0.25, 0.3) is 0 Å². The number of rotatable bonds is 2. The van der Waals surface area contributed by atoms with E-state index in [4.69, 9.17) is 9.84 Å². The van der Waals surface area contributed by atoms with E-state index in [0.29, 0.717) is 0 Å². The molecule has 1 amide bonds. The largest absolute Gasteiger partial charge is 0.394 e. The fraction of sp³-hybridized carbons (Fsp3) is 0.889. The van der Waals surface area contributed by atoms with Crippen LogP contribution in [0.4, 0.5) is 0 Å². The lowest BCUT2D eigenvalue weighted by Gasteiger charge is -2.41. The van der Waals surface area contributed by atoms with E-state index in [-0.39, 0.29) is 12.5 Å². The number of hydrogen-bond donors (Lipinski definition) is 4. The van der Waals surface area contributed by atoms with Crippen molar-refractivity contribution in [2.45, 2.75) is 44.3 Å². The van der Waals surface area contributed by atoms with Crippen LogP contribution in [0.1, 0.15) is 13.8 Å². The number of ether oxygens (including phenoxy) is 1. The third-order valence-electron chi connectivity index (χ3n) is 2.54. The Bertz CT molecular complexity index is 235. The van der Waals surface area contributed by atoms with Crippen molar-refractivity contribution in [2.24, 2.45) is 0 Å². The lowest BCUT2D eigenvalue weighted by Crippen LogP contribution is -2.63. The van der Waals surface area contributed by atoms with Gasteiger partial charge in [-0.3, -0.25) is 4.79 Å². The van der Waals surface area contributed by atoms with Crippen LogP contribution in [0.2, 0.25) is 0 Å². The maximum atomic E-state index is 10.9. The van der Waals surface area contributed by atoms with Gasteiger partial charge in [0.2, 0.25) is 5.91 Å². The second-order valence-electron chi connectivity index (χ2n) is 3.77. The van der Waals surface area contributed by atoms with E-state index in [1.807, 2.05) is 0 Å². The molecule has 0 radical (unpaired) electrons. The van der Waals surface area contributed by atoms with E-state index in [9.17, 15) is 15.0 Å². The second-order valence-corrected chi connectivity index (χ2v) is 3.77. The second kappa shape index (κ2) is 4.89. The minimum atomic E-state index is -1.11. The summed E-state index contributed by atoms with van der Waals surface area (Å²) in [5.74, 6) is -0.344. The molecule has 1 rings (SSSR count). The van der Waals surface area contributed by atoms with Crippen LogP contribution in [0.25, 0.3) is 0 Å². The Morgan fingerprint density at radius 3 is 2.47 bits per heavy atom. The van der Waals surface area contributed by atoms with Crippen molar-refractivity contribution in [1.82, 2.24) is 5.32 Å². The molecule has 1 saturated heterocycles. The zero-order valence-electron chi connectivity index (χ0n) is 8.75. The fourth-order valence-electron chi connectivity index (χ4n) is 1.72. The monoisotopic (exact) mass is 219 g/mol. The van der Waals surface area contributed by atoms with Crippen molar-refractivity contribution in [2.75, 3.05) is 6.61 Å². The Hall–Kier alpha value is -0.690. The number of carbonyl (C=O) groups excluding carboxylic acids is 1. The van der Waals surface area contributed by atoms with Crippen molar-refractivity contribution in [3.63, 3.8) is 0 Å². The van der Waals surface area contributed by atoms with Gasteiger partial charge in [-0.1, -0.05) is 0 Å². The molecule has 0 saturated carbocycles. The van der Waals surface area contributed by atoms with Crippen LogP contribution in [0.5, 0.6) is 0 Å². The predicted octanol–water partition coefficient (Wildman–Crippen LogP) is -2.01. The molecule has 15 heavy (non-hydrogen) atoms. The van der Waals surface area contributed by atoms with E-state index >= 15 is 0 Å². The molecule has 1 aliphatic heterocycles. The van der Waals surface area contributed by atoms with Gasteiger partial charge >= 0.3 is 0 Å². The first-order valence-corrected chi connectivity index (χ1v) is 4.87. The SMILES string of the molecule is CC(=O)NC1C(O)[C@H](C)OC(CO)[C@H]1O. The Morgan fingerprint density at radius 1 is 1.40 bits per heavy atom. The van der Waals surface area contributed by atoms with E-state index < -0.39 is 30.5 Å². The van der Waals surface area contributed by atoms with Gasteiger partial charge in [-0.25, -0.2) is 0 Å². The first kappa shape index (κ1) is 12.4. The van der Waals surface area contributed by atoms with Crippen molar-refractivity contribution >= 4 is 5.91 Å². The normalized spacial score (nSPS) is 41.3. The highest BCUT2D eigenvalue weighted by molar-refractivity contribution is 5.73. The lowest BCUT2D eigenvalue weighted by atomic mass is 9.93. The molecule has 88 valence electrons. The summed E-state index contributed by atoms with van der Waals surface area (Å²) in [4.78, 5) is 10.9. The smallest absolute Gasteiger partial charge is 0.217 e. The highest BCUT2D eigenvalue weighted by atomic mass is 16.5. The van der Waals surface area contributed by atoms with Crippen LogP contribution in [-0.2, 0) is 9.53 Å². The van der Waals surface area contributed by atoms with Gasteiger partial charge in [0.1, 0.15) is 18.3 Å². The van der Waals surface area contributed by atoms with Gasteiger partial charge in [0, 0.05) is 6.92 Å². The first-order chi connectivity index (χ1) is 6.97. The predicted molar refractivity (Wildman–Crippen MR) is 51.0 cm³/mol. The molecule has 4 N–H and O–H groups in total. The molecular weight excluding hydrogens is 202 g/mol. The number of hydrogen-bond acceptors (Lipinski definition) is 5. The molecule has 6 nitrogen and oxygen atoms in total. The van der Waals surface area contributed by atoms with Gasteiger partial charge < -0.3 is 25.4 Å². The minimum Gasteiger partial charge on any atom is -0.394 e. The molecule has 0 aromatic heterocycles. The van der Waals surface area contributed by atoms with Gasteiger partial charge in [-0.05, 0) is 6.92 Å². The summed E-state index contributed by atoms with van der Waals surface area (Å²) < 4.78 is 5.17. The van der Waals surface area contributed by atoms with Gasteiger partial charge in [0.05, 0.1) is 18.8 Å². The molecular formula is C9H17NO5. The maximum absolute atomic E-state index is 10.9. The third kappa shape index (κ3) is 2.66. The van der Waals surface area contributed by atoms with Crippen molar-refractivity contribution < 1.29 is 24.9 Å². The molecule has 0 aliphatic carbocycles. The highest BCUT2D eigenvalue weighted by Gasteiger charge is 2.42. The van der Waals surface area contributed by atoms with Gasteiger partial charge in [0.15, 0.2) is 0 Å². The van der Waals surface area contributed by atoms with E-state index in [0.717, 1.165) is 0 Å². The molecule has 0 bridgehead atoms. The van der Waals surface area contributed by atoms with Crippen molar-refractivity contribution in [3.05, 3.63) is 0 Å². The molecule has 0 spiro atoms. The summed E-state index contributed by atoms with van der Waals surface area (Å²) in [5, 5.41) is 30.8. The molecule has 1 fully saturated rings. The zero-order chi connectivity index (χ0) is 11.6. The standard InChI is InChI=1S/C9H17NO5/c1-4-8(13)7(10-5(2)12)9(14)6(3-11)15-4/h4,6-9,11,13-14H,3H2,1-2H3,(H,10,12)/t4-,6?,7?,8?,9+/m0/s1. The summed E-state index contributed by atoms with van der Waals surface area (Å²) in [6.45, 7) is 2.57. The molecule has 3 unspecified atom stereocenters. The van der Waals surface area contributed by atoms with Crippen molar-refractivity contribution in [1.29, 1.82) is 0 Å². The molecule has 5 atom stereocenters. The average molecular weight is 219 g/mol. The van der Waals surface area contributed by atoms with Gasteiger partial charge in [-0.2, -0.15) is 0 Å². The Balaban J connectivity index is 2.74. The summed E-state index contributed by atoms with van der Waals surface area (Å²) in [5.41, 5.74) is 0. The lowest BCUT2D eigenvalue weighted by molar-refractivity contribution is -0.189. The molecule has 6 heteroatoms. The average Bonchev–Trinajstić information content (AvgIpc) is 2.18. The Kier molecular flexibility index (Phi) is 4.04. The molecule has 1 heterocycles. The quantitative estimate of drug-likeness (QED) is 0.430. The Morgan fingerprint density at radius 2 is 2.00 bits per heavy atom. The minimum absolute atomic E-state index is 0.344.